The highest BCUT2D eigenvalue weighted by atomic mass is 16.3. The number of hydrogen-bond donors (Lipinski definition) is 0. The van der Waals surface area contributed by atoms with Crippen molar-refractivity contribution in [2.24, 2.45) is 0 Å². The molecule has 0 fully saturated rings. The fourth-order valence-corrected chi connectivity index (χ4v) is 2.72. The Labute approximate surface area is 135 Å². The van der Waals surface area contributed by atoms with E-state index < -0.39 is 0 Å². The van der Waals surface area contributed by atoms with Crippen LogP contribution < -0.4 is 5.56 Å². The van der Waals surface area contributed by atoms with Crippen molar-refractivity contribution in [3.63, 3.8) is 0 Å². The minimum Gasteiger partial charge on any atom is -0.468 e. The highest BCUT2D eigenvalue weighted by Gasteiger charge is 2.10. The minimum atomic E-state index is -0.0422. The van der Waals surface area contributed by atoms with Crippen molar-refractivity contribution in [3.8, 4) is 0 Å². The van der Waals surface area contributed by atoms with E-state index >= 15 is 0 Å². The Morgan fingerprint density at radius 3 is 2.87 bits per heavy atom. The van der Waals surface area contributed by atoms with Crippen molar-refractivity contribution >= 4 is 5.65 Å². The van der Waals surface area contributed by atoms with E-state index in [0.717, 1.165) is 36.5 Å². The zero-order valence-corrected chi connectivity index (χ0v) is 13.5. The zero-order chi connectivity index (χ0) is 16.2. The molecule has 120 valence electrons. The van der Waals surface area contributed by atoms with E-state index in [1.165, 1.54) is 0 Å². The third kappa shape index (κ3) is 3.68. The fourth-order valence-electron chi connectivity index (χ4n) is 2.72. The molecule has 0 aliphatic rings. The second kappa shape index (κ2) is 6.79. The van der Waals surface area contributed by atoms with Crippen molar-refractivity contribution in [2.75, 3.05) is 6.54 Å². The maximum absolute atomic E-state index is 12.3. The first-order valence-electron chi connectivity index (χ1n) is 7.89. The van der Waals surface area contributed by atoms with E-state index in [-0.39, 0.29) is 5.56 Å². The second-order valence-electron chi connectivity index (χ2n) is 5.81. The van der Waals surface area contributed by atoms with Gasteiger partial charge in [-0.05, 0) is 49.7 Å². The van der Waals surface area contributed by atoms with Crippen molar-refractivity contribution in [2.45, 2.75) is 33.4 Å². The zero-order valence-electron chi connectivity index (χ0n) is 13.5. The smallest absolute Gasteiger partial charge is 0.258 e. The molecule has 0 aromatic carbocycles. The van der Waals surface area contributed by atoms with E-state index in [0.29, 0.717) is 12.2 Å². The van der Waals surface area contributed by atoms with E-state index in [2.05, 4.69) is 16.8 Å². The average molecular weight is 311 g/mol. The lowest BCUT2D eigenvalue weighted by atomic mass is 10.2. The molecule has 0 amide bonds. The predicted octanol–water partition coefficient (Wildman–Crippen LogP) is 3.01. The van der Waals surface area contributed by atoms with Gasteiger partial charge in [0, 0.05) is 18.8 Å². The van der Waals surface area contributed by atoms with E-state index in [1.807, 2.05) is 31.2 Å². The van der Waals surface area contributed by atoms with Crippen LogP contribution in [0.2, 0.25) is 0 Å². The van der Waals surface area contributed by atoms with Crippen molar-refractivity contribution in [1.29, 1.82) is 0 Å². The molecule has 5 nitrogen and oxygen atoms in total. The molecule has 0 aliphatic heterocycles. The molecule has 5 heteroatoms. The number of nitrogens with zero attached hydrogens (tertiary/aromatic N) is 3. The van der Waals surface area contributed by atoms with Crippen LogP contribution in [0.5, 0.6) is 0 Å². The fraction of sp³-hybridized carbons (Fsp3) is 0.333. The Hall–Kier alpha value is -2.40. The summed E-state index contributed by atoms with van der Waals surface area (Å²) in [6.45, 7) is 6.42. The van der Waals surface area contributed by atoms with Gasteiger partial charge in [-0.25, -0.2) is 4.98 Å². The first kappa shape index (κ1) is 15.5. The summed E-state index contributed by atoms with van der Waals surface area (Å²) in [6.07, 6.45) is 4.49. The third-order valence-electron chi connectivity index (χ3n) is 3.76. The molecule has 3 aromatic heterocycles. The Morgan fingerprint density at radius 1 is 1.26 bits per heavy atom. The predicted molar refractivity (Wildman–Crippen MR) is 89.3 cm³/mol. The molecular formula is C18H21N3O2. The van der Waals surface area contributed by atoms with Crippen LogP contribution >= 0.6 is 0 Å². The normalized spacial score (nSPS) is 11.4. The molecule has 23 heavy (non-hydrogen) atoms. The first-order valence-corrected chi connectivity index (χ1v) is 7.89. The number of furan rings is 1. The molecule has 0 radical (unpaired) electrons. The monoisotopic (exact) mass is 311 g/mol. The molecule has 0 N–H and O–H groups in total. The number of rotatable bonds is 6. The Bertz CT molecular complexity index is 837. The number of aryl methyl sites for hydroxylation is 1. The maximum Gasteiger partial charge on any atom is 0.258 e. The van der Waals surface area contributed by atoms with Gasteiger partial charge in [0.05, 0.1) is 18.5 Å². The van der Waals surface area contributed by atoms with Crippen molar-refractivity contribution in [1.82, 2.24) is 14.3 Å². The summed E-state index contributed by atoms with van der Waals surface area (Å²) in [6, 6.07) is 9.32. The topological polar surface area (TPSA) is 50.8 Å². The average Bonchev–Trinajstić information content (AvgIpc) is 3.00. The Morgan fingerprint density at radius 2 is 2.13 bits per heavy atom. The van der Waals surface area contributed by atoms with Crippen LogP contribution in [-0.4, -0.2) is 20.8 Å². The quantitative estimate of drug-likeness (QED) is 0.702. The van der Waals surface area contributed by atoms with Gasteiger partial charge in [-0.2, -0.15) is 0 Å². The lowest BCUT2D eigenvalue weighted by Gasteiger charge is -2.20. The van der Waals surface area contributed by atoms with Crippen LogP contribution in [0.3, 0.4) is 0 Å². The summed E-state index contributed by atoms with van der Waals surface area (Å²) in [5.41, 5.74) is 2.54. The summed E-state index contributed by atoms with van der Waals surface area (Å²) < 4.78 is 7.01. The van der Waals surface area contributed by atoms with Gasteiger partial charge in [0.1, 0.15) is 11.4 Å². The highest BCUT2D eigenvalue weighted by Crippen LogP contribution is 2.10. The molecule has 0 unspecified atom stereocenters. The lowest BCUT2D eigenvalue weighted by Crippen LogP contribution is -2.25. The van der Waals surface area contributed by atoms with Gasteiger partial charge >= 0.3 is 0 Å². The number of fused-ring (bicyclic) bond motifs is 1. The van der Waals surface area contributed by atoms with Crippen LogP contribution in [0, 0.1) is 6.92 Å². The first-order chi connectivity index (χ1) is 11.2. The Kier molecular flexibility index (Phi) is 4.57. The minimum absolute atomic E-state index is 0.0422. The summed E-state index contributed by atoms with van der Waals surface area (Å²) in [4.78, 5) is 19.1. The van der Waals surface area contributed by atoms with Crippen molar-refractivity contribution in [3.05, 3.63) is 70.2 Å². The van der Waals surface area contributed by atoms with Crippen molar-refractivity contribution < 1.29 is 4.42 Å². The van der Waals surface area contributed by atoms with Gasteiger partial charge in [-0.1, -0.05) is 6.92 Å². The second-order valence-corrected chi connectivity index (χ2v) is 5.81. The van der Waals surface area contributed by atoms with Gasteiger partial charge in [0.2, 0.25) is 0 Å². The Balaban J connectivity index is 1.87. The van der Waals surface area contributed by atoms with E-state index in [4.69, 9.17) is 4.42 Å². The van der Waals surface area contributed by atoms with Crippen LogP contribution in [0.15, 0.2) is 52.0 Å². The van der Waals surface area contributed by atoms with E-state index in [9.17, 15) is 4.79 Å². The number of pyridine rings is 1. The number of hydrogen-bond acceptors (Lipinski definition) is 4. The molecule has 3 aromatic rings. The SMILES string of the molecule is CCCN(Cc1cc(=O)n2ccc(C)cc2n1)Cc1ccco1. The summed E-state index contributed by atoms with van der Waals surface area (Å²) >= 11 is 0. The molecule has 0 saturated heterocycles. The molecule has 0 spiro atoms. The molecule has 0 aliphatic carbocycles. The standard InChI is InChI=1S/C18H21N3O2/c1-3-7-20(13-16-5-4-9-23-16)12-15-11-18(22)21-8-6-14(2)10-17(21)19-15/h4-6,8-11H,3,7,12-13H2,1-2H3. The van der Waals surface area contributed by atoms with Gasteiger partial charge in [-0.15, -0.1) is 0 Å². The third-order valence-corrected chi connectivity index (χ3v) is 3.76. The summed E-state index contributed by atoms with van der Waals surface area (Å²) in [5, 5.41) is 0. The molecular weight excluding hydrogens is 290 g/mol. The number of aromatic nitrogens is 2. The molecule has 0 saturated carbocycles. The van der Waals surface area contributed by atoms with Gasteiger partial charge in [-0.3, -0.25) is 14.1 Å². The molecule has 3 heterocycles. The maximum atomic E-state index is 12.3. The highest BCUT2D eigenvalue weighted by molar-refractivity contribution is 5.41. The van der Waals surface area contributed by atoms with Gasteiger partial charge in [0.15, 0.2) is 0 Å². The molecule has 0 bridgehead atoms. The van der Waals surface area contributed by atoms with Gasteiger partial charge in [0.25, 0.3) is 5.56 Å². The van der Waals surface area contributed by atoms with E-state index in [1.54, 1.807) is 22.9 Å². The molecule has 3 rings (SSSR count). The molecule has 0 atom stereocenters. The van der Waals surface area contributed by atoms with Crippen LogP contribution in [-0.2, 0) is 13.1 Å². The van der Waals surface area contributed by atoms with Crippen LogP contribution in [0.4, 0.5) is 0 Å². The lowest BCUT2D eigenvalue weighted by molar-refractivity contribution is 0.233. The van der Waals surface area contributed by atoms with Gasteiger partial charge < -0.3 is 4.42 Å². The summed E-state index contributed by atoms with van der Waals surface area (Å²) in [7, 11) is 0. The summed E-state index contributed by atoms with van der Waals surface area (Å²) in [5.74, 6) is 0.923. The van der Waals surface area contributed by atoms with Crippen LogP contribution in [0.1, 0.15) is 30.4 Å². The van der Waals surface area contributed by atoms with Crippen LogP contribution in [0.25, 0.3) is 5.65 Å². The largest absolute Gasteiger partial charge is 0.468 e.